The first kappa shape index (κ1) is 15.7. The number of likely N-dealkylation sites (N-methyl/N-ethyl adjacent to an activating group) is 1. The summed E-state index contributed by atoms with van der Waals surface area (Å²) in [6, 6.07) is 8.96. The molecule has 0 fully saturated rings. The van der Waals surface area contributed by atoms with E-state index in [2.05, 4.69) is 79.8 Å². The fraction of sp³-hybridized carbons (Fsp3) is 0.600. The van der Waals surface area contributed by atoms with E-state index in [1.54, 1.807) is 0 Å². The molecule has 2 unspecified atom stereocenters. The zero-order chi connectivity index (χ0) is 13.9. The van der Waals surface area contributed by atoms with Gasteiger partial charge in [0.1, 0.15) is 0 Å². The molecule has 1 aromatic carbocycles. The third-order valence-corrected chi connectivity index (χ3v) is 3.67. The van der Waals surface area contributed by atoms with Gasteiger partial charge in [-0.1, -0.05) is 48.8 Å². The zero-order valence-corrected chi connectivity index (χ0v) is 13.7. The van der Waals surface area contributed by atoms with Crippen LogP contribution in [0.2, 0.25) is 0 Å². The molecule has 0 aliphatic rings. The fourth-order valence-corrected chi connectivity index (χ4v) is 3.32. The van der Waals surface area contributed by atoms with Crippen molar-refractivity contribution in [3.63, 3.8) is 0 Å². The molecule has 0 aliphatic carbocycles. The lowest BCUT2D eigenvalue weighted by Crippen LogP contribution is -2.51. The van der Waals surface area contributed by atoms with Gasteiger partial charge in [-0.15, -0.1) is 0 Å². The molecule has 0 heterocycles. The molecule has 0 bridgehead atoms. The van der Waals surface area contributed by atoms with Crippen molar-refractivity contribution in [2.75, 3.05) is 7.05 Å². The van der Waals surface area contributed by atoms with E-state index in [9.17, 15) is 0 Å². The van der Waals surface area contributed by atoms with Gasteiger partial charge >= 0.3 is 0 Å². The topological polar surface area (TPSA) is 29.3 Å². The molecule has 2 atom stereocenters. The normalized spacial score (nSPS) is 15.8. The van der Waals surface area contributed by atoms with E-state index in [0.717, 1.165) is 11.0 Å². The number of hydrogen-bond acceptors (Lipinski definition) is 2. The highest BCUT2D eigenvalue weighted by molar-refractivity contribution is 9.10. The Balaban J connectivity index is 2.82. The molecule has 0 spiro atoms. The minimum Gasteiger partial charge on any atom is -0.327 e. The third kappa shape index (κ3) is 4.38. The van der Waals surface area contributed by atoms with Gasteiger partial charge in [-0.25, -0.2) is 0 Å². The van der Waals surface area contributed by atoms with Crippen molar-refractivity contribution in [2.24, 2.45) is 11.1 Å². The van der Waals surface area contributed by atoms with Crippen LogP contribution in [0.3, 0.4) is 0 Å². The van der Waals surface area contributed by atoms with Crippen LogP contribution in [-0.4, -0.2) is 24.0 Å². The average Bonchev–Trinajstić information content (AvgIpc) is 2.13. The van der Waals surface area contributed by atoms with E-state index in [0.29, 0.717) is 6.04 Å². The van der Waals surface area contributed by atoms with Gasteiger partial charge in [0.25, 0.3) is 0 Å². The maximum absolute atomic E-state index is 6.16. The Morgan fingerprint density at radius 2 is 1.94 bits per heavy atom. The average molecular weight is 313 g/mol. The van der Waals surface area contributed by atoms with Crippen LogP contribution in [-0.2, 0) is 6.54 Å². The van der Waals surface area contributed by atoms with Crippen molar-refractivity contribution in [1.29, 1.82) is 0 Å². The highest BCUT2D eigenvalue weighted by Gasteiger charge is 2.31. The summed E-state index contributed by atoms with van der Waals surface area (Å²) >= 11 is 3.51. The van der Waals surface area contributed by atoms with Gasteiger partial charge in [0.2, 0.25) is 0 Å². The fourth-order valence-electron chi connectivity index (χ4n) is 2.87. The van der Waals surface area contributed by atoms with Gasteiger partial charge in [-0.2, -0.15) is 0 Å². The molecule has 0 aromatic heterocycles. The minimum atomic E-state index is 0.155. The summed E-state index contributed by atoms with van der Waals surface area (Å²) in [6.45, 7) is 9.76. The molecule has 2 N–H and O–H groups in total. The molecule has 0 aliphatic heterocycles. The van der Waals surface area contributed by atoms with Crippen LogP contribution >= 0.6 is 15.9 Å². The minimum absolute atomic E-state index is 0.155. The van der Waals surface area contributed by atoms with E-state index in [-0.39, 0.29) is 11.5 Å². The summed E-state index contributed by atoms with van der Waals surface area (Å²) in [5, 5.41) is 0. The van der Waals surface area contributed by atoms with Crippen molar-refractivity contribution >= 4 is 15.9 Å². The van der Waals surface area contributed by atoms with Gasteiger partial charge in [-0.05, 0) is 37.1 Å². The van der Waals surface area contributed by atoms with Crippen molar-refractivity contribution in [3.8, 4) is 0 Å². The highest BCUT2D eigenvalue weighted by atomic mass is 79.9. The second-order valence-corrected chi connectivity index (χ2v) is 7.13. The molecule has 2 nitrogen and oxygen atoms in total. The number of hydrogen-bond donors (Lipinski definition) is 1. The summed E-state index contributed by atoms with van der Waals surface area (Å²) in [5.41, 5.74) is 7.64. The number of rotatable bonds is 4. The smallest absolute Gasteiger partial charge is 0.0293 e. The Hall–Kier alpha value is -0.380. The SMILES string of the molecule is CC(N)C(N(C)Cc1cccc(Br)c1)C(C)(C)C. The van der Waals surface area contributed by atoms with Crippen molar-refractivity contribution in [1.82, 2.24) is 4.90 Å². The number of nitrogens with zero attached hydrogens (tertiary/aromatic N) is 1. The van der Waals surface area contributed by atoms with Crippen molar-refractivity contribution in [3.05, 3.63) is 34.3 Å². The first-order valence-corrected chi connectivity index (χ1v) is 7.21. The molecular formula is C15H25BrN2. The van der Waals surface area contributed by atoms with E-state index in [1.165, 1.54) is 5.56 Å². The van der Waals surface area contributed by atoms with E-state index in [1.807, 2.05) is 0 Å². The zero-order valence-electron chi connectivity index (χ0n) is 12.1. The van der Waals surface area contributed by atoms with Gasteiger partial charge in [0, 0.05) is 23.1 Å². The Morgan fingerprint density at radius 1 is 1.33 bits per heavy atom. The lowest BCUT2D eigenvalue weighted by atomic mass is 9.82. The number of benzene rings is 1. The summed E-state index contributed by atoms with van der Waals surface area (Å²) in [6.07, 6.45) is 0. The third-order valence-electron chi connectivity index (χ3n) is 3.18. The van der Waals surface area contributed by atoms with Crippen LogP contribution in [0.25, 0.3) is 0 Å². The molecule has 3 heteroatoms. The lowest BCUT2D eigenvalue weighted by molar-refractivity contribution is 0.100. The van der Waals surface area contributed by atoms with Crippen LogP contribution in [0.4, 0.5) is 0 Å². The summed E-state index contributed by atoms with van der Waals surface area (Å²) in [7, 11) is 2.15. The summed E-state index contributed by atoms with van der Waals surface area (Å²) in [4.78, 5) is 2.35. The van der Waals surface area contributed by atoms with Crippen molar-refractivity contribution in [2.45, 2.75) is 46.3 Å². The van der Waals surface area contributed by atoms with Crippen LogP contribution in [0.5, 0.6) is 0 Å². The lowest BCUT2D eigenvalue weighted by Gasteiger charge is -2.40. The van der Waals surface area contributed by atoms with Gasteiger partial charge in [0.05, 0.1) is 0 Å². The molecule has 102 valence electrons. The second-order valence-electron chi connectivity index (χ2n) is 6.22. The maximum atomic E-state index is 6.16. The van der Waals surface area contributed by atoms with Gasteiger partial charge in [0.15, 0.2) is 0 Å². The molecule has 0 saturated carbocycles. The molecule has 0 saturated heterocycles. The monoisotopic (exact) mass is 312 g/mol. The number of nitrogens with two attached hydrogens (primary N) is 1. The standard InChI is InChI=1S/C15H25BrN2/c1-11(17)14(15(2,3)4)18(5)10-12-7-6-8-13(16)9-12/h6-9,11,14H,10,17H2,1-5H3. The van der Waals surface area contributed by atoms with Crippen LogP contribution in [0.15, 0.2) is 28.7 Å². The van der Waals surface area contributed by atoms with Crippen LogP contribution in [0, 0.1) is 5.41 Å². The summed E-state index contributed by atoms with van der Waals surface area (Å²) in [5.74, 6) is 0. The molecule has 0 amide bonds. The van der Waals surface area contributed by atoms with Gasteiger partial charge < -0.3 is 5.73 Å². The van der Waals surface area contributed by atoms with Crippen LogP contribution in [0.1, 0.15) is 33.3 Å². The van der Waals surface area contributed by atoms with Gasteiger partial charge in [-0.3, -0.25) is 4.90 Å². The second kappa shape index (κ2) is 6.18. The molecule has 18 heavy (non-hydrogen) atoms. The van der Waals surface area contributed by atoms with Crippen LogP contribution < -0.4 is 5.73 Å². The Morgan fingerprint density at radius 3 is 2.39 bits per heavy atom. The quantitative estimate of drug-likeness (QED) is 0.919. The first-order valence-electron chi connectivity index (χ1n) is 6.42. The Bertz CT molecular complexity index is 382. The molecule has 1 aromatic rings. The number of halogens is 1. The maximum Gasteiger partial charge on any atom is 0.0293 e. The highest BCUT2D eigenvalue weighted by Crippen LogP contribution is 2.27. The van der Waals surface area contributed by atoms with Crippen molar-refractivity contribution < 1.29 is 0 Å². The summed E-state index contributed by atoms with van der Waals surface area (Å²) < 4.78 is 1.13. The molecule has 1 rings (SSSR count). The molecular weight excluding hydrogens is 288 g/mol. The van der Waals surface area contributed by atoms with E-state index in [4.69, 9.17) is 5.73 Å². The van der Waals surface area contributed by atoms with E-state index >= 15 is 0 Å². The Labute approximate surface area is 120 Å². The van der Waals surface area contributed by atoms with E-state index < -0.39 is 0 Å². The molecule has 0 radical (unpaired) electrons. The predicted molar refractivity (Wildman–Crippen MR) is 82.5 cm³/mol. The predicted octanol–water partition coefficient (Wildman–Crippen LogP) is 3.64. The first-order chi connectivity index (χ1) is 8.21. The largest absolute Gasteiger partial charge is 0.327 e. The Kier molecular flexibility index (Phi) is 5.38.